The van der Waals surface area contributed by atoms with Crippen LogP contribution in [0.4, 0.5) is 0 Å². The van der Waals surface area contributed by atoms with E-state index in [-0.39, 0.29) is 5.03 Å². The third kappa shape index (κ3) is 3.42. The van der Waals surface area contributed by atoms with Crippen molar-refractivity contribution in [2.75, 3.05) is 13.1 Å². The molecule has 2 aromatic rings. The van der Waals surface area contributed by atoms with Crippen LogP contribution in [0.1, 0.15) is 19.8 Å². The number of halogens is 1. The van der Waals surface area contributed by atoms with Gasteiger partial charge in [0.1, 0.15) is 0 Å². The van der Waals surface area contributed by atoms with Gasteiger partial charge in [-0.25, -0.2) is 13.4 Å². The lowest BCUT2D eigenvalue weighted by Crippen LogP contribution is -2.38. The van der Waals surface area contributed by atoms with E-state index in [9.17, 15) is 8.42 Å². The molecule has 0 bridgehead atoms. The second-order valence-electron chi connectivity index (χ2n) is 5.95. The molecular formula is C17H19ClN2O2S. The maximum atomic E-state index is 12.8. The number of rotatable bonds is 3. The van der Waals surface area contributed by atoms with Crippen LogP contribution >= 0.6 is 11.6 Å². The van der Waals surface area contributed by atoms with Gasteiger partial charge in [-0.1, -0.05) is 36.7 Å². The van der Waals surface area contributed by atoms with Crippen molar-refractivity contribution in [3.05, 3.63) is 47.6 Å². The number of benzene rings is 1. The summed E-state index contributed by atoms with van der Waals surface area (Å²) in [5.41, 5.74) is 1.56. The van der Waals surface area contributed by atoms with Gasteiger partial charge in [0, 0.05) is 29.9 Å². The lowest BCUT2D eigenvalue weighted by atomic mass is 10.0. The van der Waals surface area contributed by atoms with E-state index in [1.807, 2.05) is 18.2 Å². The predicted octanol–water partition coefficient (Wildman–Crippen LogP) is 3.82. The Kier molecular flexibility index (Phi) is 4.71. The Hall–Kier alpha value is -1.43. The molecule has 0 unspecified atom stereocenters. The second-order valence-corrected chi connectivity index (χ2v) is 8.24. The molecule has 0 aliphatic carbocycles. The standard InChI is InChI=1S/C17H19ClN2O2S/c1-13-7-10-20(11-8-13)23(21,22)17-12-14(6-9-19-17)15-4-2-3-5-16(15)18/h2-6,9,12-13H,7-8,10-11H2,1H3. The molecule has 1 aromatic carbocycles. The van der Waals surface area contributed by atoms with Crippen LogP contribution in [0.2, 0.25) is 5.02 Å². The van der Waals surface area contributed by atoms with Crippen molar-refractivity contribution in [2.45, 2.75) is 24.8 Å². The molecule has 2 heterocycles. The number of sulfonamides is 1. The molecule has 122 valence electrons. The van der Waals surface area contributed by atoms with Crippen LogP contribution in [-0.2, 0) is 10.0 Å². The van der Waals surface area contributed by atoms with Crippen LogP contribution in [0.15, 0.2) is 47.6 Å². The van der Waals surface area contributed by atoms with Gasteiger partial charge in [0.2, 0.25) is 0 Å². The molecule has 1 aliphatic heterocycles. The van der Waals surface area contributed by atoms with Gasteiger partial charge >= 0.3 is 0 Å². The summed E-state index contributed by atoms with van der Waals surface area (Å²) in [4.78, 5) is 4.09. The number of nitrogens with zero attached hydrogens (tertiary/aromatic N) is 2. The molecule has 0 N–H and O–H groups in total. The van der Waals surface area contributed by atoms with E-state index >= 15 is 0 Å². The molecule has 0 radical (unpaired) electrons. The highest BCUT2D eigenvalue weighted by molar-refractivity contribution is 7.89. The third-order valence-corrected chi connectivity index (χ3v) is 6.39. The molecule has 1 aromatic heterocycles. The smallest absolute Gasteiger partial charge is 0.243 e. The zero-order valence-corrected chi connectivity index (χ0v) is 14.5. The van der Waals surface area contributed by atoms with Crippen LogP contribution in [0.3, 0.4) is 0 Å². The Morgan fingerprint density at radius 3 is 2.57 bits per heavy atom. The normalized spacial score (nSPS) is 17.3. The number of hydrogen-bond acceptors (Lipinski definition) is 3. The summed E-state index contributed by atoms with van der Waals surface area (Å²) in [5, 5.41) is 0.679. The Labute approximate surface area is 142 Å². The van der Waals surface area contributed by atoms with E-state index in [0.29, 0.717) is 24.0 Å². The summed E-state index contributed by atoms with van der Waals surface area (Å²) in [6.45, 7) is 3.27. The number of piperidine rings is 1. The summed E-state index contributed by atoms with van der Waals surface area (Å²) < 4.78 is 27.1. The van der Waals surface area contributed by atoms with Crippen LogP contribution in [-0.4, -0.2) is 30.8 Å². The van der Waals surface area contributed by atoms with Crippen molar-refractivity contribution < 1.29 is 8.42 Å². The Balaban J connectivity index is 1.95. The molecule has 0 spiro atoms. The fourth-order valence-corrected chi connectivity index (χ4v) is 4.44. The Morgan fingerprint density at radius 2 is 1.87 bits per heavy atom. The van der Waals surface area contributed by atoms with Gasteiger partial charge in [-0.15, -0.1) is 0 Å². The van der Waals surface area contributed by atoms with E-state index < -0.39 is 10.0 Å². The van der Waals surface area contributed by atoms with Crippen LogP contribution in [0.25, 0.3) is 11.1 Å². The first-order valence-corrected chi connectivity index (χ1v) is 9.51. The average molecular weight is 351 g/mol. The van der Waals surface area contributed by atoms with Crippen molar-refractivity contribution in [1.29, 1.82) is 0 Å². The maximum Gasteiger partial charge on any atom is 0.260 e. The minimum atomic E-state index is -3.55. The lowest BCUT2D eigenvalue weighted by Gasteiger charge is -2.29. The zero-order chi connectivity index (χ0) is 16.4. The fourth-order valence-electron chi connectivity index (χ4n) is 2.77. The zero-order valence-electron chi connectivity index (χ0n) is 12.9. The van der Waals surface area contributed by atoms with Crippen LogP contribution in [0, 0.1) is 5.92 Å². The highest BCUT2D eigenvalue weighted by atomic mass is 35.5. The largest absolute Gasteiger partial charge is 0.260 e. The minimum absolute atomic E-state index is 0.0875. The first-order valence-electron chi connectivity index (χ1n) is 7.69. The van der Waals surface area contributed by atoms with Crippen LogP contribution in [0.5, 0.6) is 0 Å². The van der Waals surface area contributed by atoms with Gasteiger partial charge < -0.3 is 0 Å². The molecule has 0 atom stereocenters. The molecule has 4 nitrogen and oxygen atoms in total. The molecule has 1 aliphatic rings. The predicted molar refractivity (Wildman–Crippen MR) is 91.8 cm³/mol. The van der Waals surface area contributed by atoms with Crippen molar-refractivity contribution in [3.8, 4) is 11.1 Å². The average Bonchev–Trinajstić information content (AvgIpc) is 2.56. The van der Waals surface area contributed by atoms with Crippen LogP contribution < -0.4 is 0 Å². The van der Waals surface area contributed by atoms with E-state index in [1.165, 1.54) is 10.5 Å². The molecule has 1 fully saturated rings. The summed E-state index contributed by atoms with van der Waals surface area (Å²) in [6, 6.07) is 10.8. The fraction of sp³-hybridized carbons (Fsp3) is 0.353. The summed E-state index contributed by atoms with van der Waals surface area (Å²) in [5.74, 6) is 0.573. The first kappa shape index (κ1) is 16.4. The SMILES string of the molecule is CC1CCN(S(=O)(=O)c2cc(-c3ccccc3Cl)ccn2)CC1. The van der Waals surface area contributed by atoms with Gasteiger partial charge in [0.05, 0.1) is 0 Å². The lowest BCUT2D eigenvalue weighted by molar-refractivity contribution is 0.287. The number of pyridine rings is 1. The van der Waals surface area contributed by atoms with Gasteiger partial charge in [-0.2, -0.15) is 4.31 Å². The molecule has 6 heteroatoms. The van der Waals surface area contributed by atoms with Crippen molar-refractivity contribution >= 4 is 21.6 Å². The highest BCUT2D eigenvalue weighted by Gasteiger charge is 2.29. The van der Waals surface area contributed by atoms with Crippen molar-refractivity contribution in [1.82, 2.24) is 9.29 Å². The Bertz CT molecular complexity index is 800. The van der Waals surface area contributed by atoms with E-state index in [2.05, 4.69) is 11.9 Å². The molecule has 0 saturated carbocycles. The van der Waals surface area contributed by atoms with E-state index in [0.717, 1.165) is 24.0 Å². The Morgan fingerprint density at radius 1 is 1.17 bits per heavy atom. The van der Waals surface area contributed by atoms with Crippen molar-refractivity contribution in [2.24, 2.45) is 5.92 Å². The maximum absolute atomic E-state index is 12.8. The third-order valence-electron chi connectivity index (χ3n) is 4.27. The summed E-state index contributed by atoms with van der Waals surface area (Å²) in [7, 11) is -3.55. The second kappa shape index (κ2) is 6.59. The van der Waals surface area contributed by atoms with E-state index in [1.54, 1.807) is 18.2 Å². The molecule has 23 heavy (non-hydrogen) atoms. The first-order chi connectivity index (χ1) is 11.0. The molecular weight excluding hydrogens is 332 g/mol. The van der Waals surface area contributed by atoms with E-state index in [4.69, 9.17) is 11.6 Å². The molecule has 3 rings (SSSR count). The number of hydrogen-bond donors (Lipinski definition) is 0. The highest BCUT2D eigenvalue weighted by Crippen LogP contribution is 2.29. The van der Waals surface area contributed by atoms with Gasteiger partial charge in [0.15, 0.2) is 5.03 Å². The molecule has 0 amide bonds. The minimum Gasteiger partial charge on any atom is -0.243 e. The van der Waals surface area contributed by atoms with Gasteiger partial charge in [-0.3, -0.25) is 0 Å². The number of aromatic nitrogens is 1. The summed E-state index contributed by atoms with van der Waals surface area (Å²) in [6.07, 6.45) is 3.31. The van der Waals surface area contributed by atoms with Gasteiger partial charge in [0.25, 0.3) is 10.0 Å². The quantitative estimate of drug-likeness (QED) is 0.845. The molecule has 1 saturated heterocycles. The monoisotopic (exact) mass is 350 g/mol. The van der Waals surface area contributed by atoms with Crippen molar-refractivity contribution in [3.63, 3.8) is 0 Å². The summed E-state index contributed by atoms with van der Waals surface area (Å²) >= 11 is 6.21. The van der Waals surface area contributed by atoms with Gasteiger partial charge in [-0.05, 0) is 42.5 Å². The topological polar surface area (TPSA) is 50.3 Å².